The van der Waals surface area contributed by atoms with E-state index in [0.717, 1.165) is 13.1 Å². The third-order valence-corrected chi connectivity index (χ3v) is 5.89. The standard InChI is InChI=1S/C23H25N3O5/c1-3-25(4-2)10-11-26-20(16-6-5-9-24-13-16)19(22(28)23(26)29)21(27)15-7-8-17-18(12-15)31-14-30-17/h5-9,12-13,20,27H,3-4,10-11,14H2,1-2H3/p+1/t20-/m0/s1. The molecule has 1 amide bonds. The Kier molecular flexibility index (Phi) is 5.90. The number of hydrogen-bond donors (Lipinski definition) is 2. The fourth-order valence-electron chi connectivity index (χ4n) is 4.08. The summed E-state index contributed by atoms with van der Waals surface area (Å²) in [5.74, 6) is -0.478. The normalized spacial score (nSPS) is 19.5. The molecule has 0 saturated carbocycles. The maximum absolute atomic E-state index is 13.0. The van der Waals surface area contributed by atoms with Gasteiger partial charge in [0, 0.05) is 18.0 Å². The van der Waals surface area contributed by atoms with E-state index in [1.165, 1.54) is 4.90 Å². The van der Waals surface area contributed by atoms with Gasteiger partial charge in [-0.05, 0) is 43.7 Å². The fraction of sp³-hybridized carbons (Fsp3) is 0.348. The molecule has 1 aromatic heterocycles. The Balaban J connectivity index is 1.77. The molecule has 3 heterocycles. The van der Waals surface area contributed by atoms with E-state index in [4.69, 9.17) is 9.47 Å². The summed E-state index contributed by atoms with van der Waals surface area (Å²) in [6.07, 6.45) is 3.26. The second kappa shape index (κ2) is 8.77. The van der Waals surface area contributed by atoms with Crippen molar-refractivity contribution in [3.8, 4) is 11.5 Å². The van der Waals surface area contributed by atoms with Gasteiger partial charge in [0.2, 0.25) is 6.79 Å². The Morgan fingerprint density at radius 1 is 1.19 bits per heavy atom. The number of aromatic nitrogens is 1. The number of carbonyl (C=O) groups is 2. The summed E-state index contributed by atoms with van der Waals surface area (Å²) in [5, 5.41) is 11.1. The Hall–Kier alpha value is -3.39. The highest BCUT2D eigenvalue weighted by Crippen LogP contribution is 2.40. The number of aliphatic hydroxyl groups is 1. The zero-order chi connectivity index (χ0) is 22.0. The molecule has 1 saturated heterocycles. The first-order chi connectivity index (χ1) is 15.0. The lowest BCUT2D eigenvalue weighted by Gasteiger charge is -2.26. The first-order valence-corrected chi connectivity index (χ1v) is 10.5. The number of carbonyl (C=O) groups excluding carboxylic acids is 2. The van der Waals surface area contributed by atoms with Crippen LogP contribution in [0.1, 0.15) is 31.0 Å². The number of amides is 1. The quantitative estimate of drug-likeness (QED) is 0.394. The number of pyridine rings is 1. The second-order valence-electron chi connectivity index (χ2n) is 7.55. The minimum absolute atomic E-state index is 0.0615. The van der Waals surface area contributed by atoms with E-state index in [1.807, 2.05) is 6.07 Å². The van der Waals surface area contributed by atoms with Crippen molar-refractivity contribution in [3.63, 3.8) is 0 Å². The van der Waals surface area contributed by atoms with Crippen molar-refractivity contribution in [2.24, 2.45) is 0 Å². The van der Waals surface area contributed by atoms with E-state index >= 15 is 0 Å². The summed E-state index contributed by atoms with van der Waals surface area (Å²) >= 11 is 0. The average molecular weight is 424 g/mol. The van der Waals surface area contributed by atoms with Crippen LogP contribution in [0, 0.1) is 0 Å². The number of Topliss-reactive ketones (excluding diaryl/α,β-unsaturated/α-hetero) is 1. The molecule has 8 heteroatoms. The predicted molar refractivity (Wildman–Crippen MR) is 113 cm³/mol. The smallest absolute Gasteiger partial charge is 0.295 e. The van der Waals surface area contributed by atoms with E-state index < -0.39 is 17.7 Å². The molecule has 2 aliphatic rings. The molecule has 31 heavy (non-hydrogen) atoms. The zero-order valence-corrected chi connectivity index (χ0v) is 17.6. The number of likely N-dealkylation sites (N-methyl/N-ethyl adjacent to an activating group) is 1. The molecule has 0 radical (unpaired) electrons. The van der Waals surface area contributed by atoms with E-state index in [2.05, 4.69) is 18.8 Å². The number of nitrogens with zero attached hydrogens (tertiary/aromatic N) is 2. The third kappa shape index (κ3) is 3.86. The number of nitrogens with one attached hydrogen (secondary N) is 1. The molecule has 1 atom stereocenters. The molecule has 1 fully saturated rings. The summed E-state index contributed by atoms with van der Waals surface area (Å²) in [6.45, 7) is 7.24. The van der Waals surface area contributed by atoms with Gasteiger partial charge in [-0.1, -0.05) is 6.07 Å². The van der Waals surface area contributed by atoms with Gasteiger partial charge in [-0.15, -0.1) is 0 Å². The van der Waals surface area contributed by atoms with Crippen LogP contribution in [0.15, 0.2) is 48.3 Å². The van der Waals surface area contributed by atoms with Gasteiger partial charge in [-0.2, -0.15) is 0 Å². The van der Waals surface area contributed by atoms with Gasteiger partial charge in [-0.3, -0.25) is 14.6 Å². The molecule has 4 rings (SSSR count). The van der Waals surface area contributed by atoms with Crippen molar-refractivity contribution >= 4 is 17.4 Å². The molecular weight excluding hydrogens is 398 g/mol. The molecule has 0 bridgehead atoms. The monoisotopic (exact) mass is 424 g/mol. The summed E-state index contributed by atoms with van der Waals surface area (Å²) in [4.78, 5) is 33.0. The molecule has 2 aliphatic heterocycles. The van der Waals surface area contributed by atoms with Crippen LogP contribution >= 0.6 is 0 Å². The van der Waals surface area contributed by atoms with Gasteiger partial charge in [0.1, 0.15) is 5.76 Å². The van der Waals surface area contributed by atoms with E-state index in [1.54, 1.807) is 41.6 Å². The number of aliphatic hydroxyl groups excluding tert-OH is 1. The third-order valence-electron chi connectivity index (χ3n) is 5.89. The highest BCUT2D eigenvalue weighted by Gasteiger charge is 2.46. The molecule has 0 unspecified atom stereocenters. The van der Waals surface area contributed by atoms with E-state index in [0.29, 0.717) is 35.7 Å². The van der Waals surface area contributed by atoms with Crippen LogP contribution in [0.25, 0.3) is 5.76 Å². The summed E-state index contributed by atoms with van der Waals surface area (Å²) in [5.41, 5.74) is 1.13. The number of hydrogen-bond acceptors (Lipinski definition) is 6. The van der Waals surface area contributed by atoms with Crippen LogP contribution in [0.3, 0.4) is 0 Å². The Labute approximate surface area is 180 Å². The van der Waals surface area contributed by atoms with Crippen molar-refractivity contribution in [2.75, 3.05) is 33.0 Å². The van der Waals surface area contributed by atoms with Crippen LogP contribution in [-0.4, -0.2) is 59.7 Å². The molecule has 0 spiro atoms. The largest absolute Gasteiger partial charge is 0.507 e. The topological polar surface area (TPSA) is 93.4 Å². The van der Waals surface area contributed by atoms with Crippen LogP contribution in [-0.2, 0) is 9.59 Å². The van der Waals surface area contributed by atoms with Crippen molar-refractivity contribution < 1.29 is 29.1 Å². The number of fused-ring (bicyclic) bond motifs is 1. The highest BCUT2D eigenvalue weighted by molar-refractivity contribution is 6.46. The predicted octanol–water partition coefficient (Wildman–Crippen LogP) is 1.16. The van der Waals surface area contributed by atoms with Gasteiger partial charge < -0.3 is 24.4 Å². The maximum Gasteiger partial charge on any atom is 0.295 e. The number of benzene rings is 1. The lowest BCUT2D eigenvalue weighted by Crippen LogP contribution is -3.12. The summed E-state index contributed by atoms with van der Waals surface area (Å²) < 4.78 is 10.7. The molecule has 162 valence electrons. The van der Waals surface area contributed by atoms with Gasteiger partial charge in [-0.25, -0.2) is 0 Å². The highest BCUT2D eigenvalue weighted by atomic mass is 16.7. The zero-order valence-electron chi connectivity index (χ0n) is 17.6. The van der Waals surface area contributed by atoms with Gasteiger partial charge in [0.05, 0.1) is 37.8 Å². The van der Waals surface area contributed by atoms with Crippen molar-refractivity contribution in [1.82, 2.24) is 9.88 Å². The molecule has 1 aromatic carbocycles. The minimum Gasteiger partial charge on any atom is -0.507 e. The minimum atomic E-state index is -0.700. The molecular formula is C23H26N3O5+. The number of rotatable bonds is 7. The average Bonchev–Trinajstić information content (AvgIpc) is 3.37. The SMILES string of the molecule is CC[NH+](CC)CCN1C(=O)C(=O)C(=C(O)c2ccc3c(c2)OCO3)[C@@H]1c1cccnc1. The van der Waals surface area contributed by atoms with Gasteiger partial charge >= 0.3 is 0 Å². The van der Waals surface area contributed by atoms with E-state index in [-0.39, 0.29) is 18.1 Å². The molecule has 2 aromatic rings. The fourth-order valence-corrected chi connectivity index (χ4v) is 4.08. The van der Waals surface area contributed by atoms with E-state index in [9.17, 15) is 14.7 Å². The Bertz CT molecular complexity index is 1020. The molecule has 2 N–H and O–H groups in total. The maximum atomic E-state index is 13.0. The number of ketones is 1. The number of ether oxygens (including phenoxy) is 2. The number of quaternary nitrogens is 1. The second-order valence-corrected chi connectivity index (χ2v) is 7.55. The van der Waals surface area contributed by atoms with Crippen molar-refractivity contribution in [2.45, 2.75) is 19.9 Å². The van der Waals surface area contributed by atoms with Crippen molar-refractivity contribution in [1.29, 1.82) is 0 Å². The first-order valence-electron chi connectivity index (χ1n) is 10.5. The van der Waals surface area contributed by atoms with Gasteiger partial charge in [0.15, 0.2) is 11.5 Å². The Morgan fingerprint density at radius 3 is 2.68 bits per heavy atom. The number of likely N-dealkylation sites (tertiary alicyclic amines) is 1. The lowest BCUT2D eigenvalue weighted by molar-refractivity contribution is -0.895. The summed E-state index contributed by atoms with van der Waals surface area (Å²) in [6, 6.07) is 7.81. The van der Waals surface area contributed by atoms with Gasteiger partial charge in [0.25, 0.3) is 11.7 Å². The Morgan fingerprint density at radius 2 is 1.97 bits per heavy atom. The first kappa shape index (κ1) is 20.9. The van der Waals surface area contributed by atoms with Crippen LogP contribution in [0.2, 0.25) is 0 Å². The van der Waals surface area contributed by atoms with Crippen LogP contribution < -0.4 is 14.4 Å². The lowest BCUT2D eigenvalue weighted by atomic mass is 9.96. The van der Waals surface area contributed by atoms with Crippen LogP contribution in [0.5, 0.6) is 11.5 Å². The molecule has 8 nitrogen and oxygen atoms in total. The van der Waals surface area contributed by atoms with Crippen molar-refractivity contribution in [3.05, 3.63) is 59.4 Å². The molecule has 0 aliphatic carbocycles. The van der Waals surface area contributed by atoms with Crippen LogP contribution in [0.4, 0.5) is 0 Å². The summed E-state index contributed by atoms with van der Waals surface area (Å²) in [7, 11) is 0.